The molecule has 0 spiro atoms. The van der Waals surface area contributed by atoms with E-state index < -0.39 is 7.12 Å². The van der Waals surface area contributed by atoms with Gasteiger partial charge in [-0.15, -0.1) is 0 Å². The fourth-order valence-electron chi connectivity index (χ4n) is 1.37. The van der Waals surface area contributed by atoms with Crippen LogP contribution in [-0.2, 0) is 0 Å². The van der Waals surface area contributed by atoms with Crippen molar-refractivity contribution in [2.75, 3.05) is 7.11 Å². The van der Waals surface area contributed by atoms with Crippen LogP contribution in [-0.4, -0.2) is 34.5 Å². The maximum Gasteiger partial charge on any atom is 0.492 e. The number of rotatable bonds is 2. The number of fused-ring (bicyclic) bond motifs is 1. The van der Waals surface area contributed by atoms with Gasteiger partial charge in [0.25, 0.3) is 0 Å². The number of hydrogen-bond acceptors (Lipinski definition) is 4. The Morgan fingerprint density at radius 3 is 2.86 bits per heavy atom. The first-order valence-electron chi connectivity index (χ1n) is 4.09. The molecule has 0 bridgehead atoms. The lowest BCUT2D eigenvalue weighted by atomic mass is 9.79. The van der Waals surface area contributed by atoms with Crippen LogP contribution in [0.4, 0.5) is 0 Å². The van der Waals surface area contributed by atoms with E-state index in [9.17, 15) is 0 Å². The molecular weight excluding hydrogens is 183 g/mol. The van der Waals surface area contributed by atoms with Crippen LogP contribution in [0.3, 0.4) is 0 Å². The molecule has 0 radical (unpaired) electrons. The number of ether oxygens (including phenoxy) is 1. The fraction of sp³-hybridized carbons (Fsp3) is 0.125. The molecular formula is C8H9BN2O3. The van der Waals surface area contributed by atoms with Crippen molar-refractivity contribution in [1.82, 2.24) is 10.2 Å². The minimum atomic E-state index is -1.54. The zero-order valence-electron chi connectivity index (χ0n) is 7.56. The van der Waals surface area contributed by atoms with Gasteiger partial charge >= 0.3 is 7.12 Å². The normalized spacial score (nSPS) is 10.5. The number of aromatic nitrogens is 2. The summed E-state index contributed by atoms with van der Waals surface area (Å²) in [7, 11) is -0.0621. The third kappa shape index (κ3) is 1.34. The predicted molar refractivity (Wildman–Crippen MR) is 52.5 cm³/mol. The second-order valence-electron chi connectivity index (χ2n) is 2.93. The Hall–Kier alpha value is -1.53. The van der Waals surface area contributed by atoms with E-state index in [1.54, 1.807) is 18.3 Å². The Kier molecular flexibility index (Phi) is 2.15. The second-order valence-corrected chi connectivity index (χ2v) is 2.93. The molecule has 14 heavy (non-hydrogen) atoms. The number of H-pyrrole nitrogens is 1. The van der Waals surface area contributed by atoms with Crippen LogP contribution in [0.15, 0.2) is 18.3 Å². The number of aromatic amines is 1. The van der Waals surface area contributed by atoms with Crippen LogP contribution in [0.25, 0.3) is 10.9 Å². The molecule has 0 aliphatic carbocycles. The average Bonchev–Trinajstić information content (AvgIpc) is 2.62. The third-order valence-electron chi connectivity index (χ3n) is 2.07. The van der Waals surface area contributed by atoms with E-state index in [1.807, 2.05) is 0 Å². The monoisotopic (exact) mass is 192 g/mol. The fourth-order valence-corrected chi connectivity index (χ4v) is 1.37. The summed E-state index contributed by atoms with van der Waals surface area (Å²) >= 11 is 0. The Balaban J connectivity index is 2.66. The van der Waals surface area contributed by atoms with E-state index in [1.165, 1.54) is 7.11 Å². The molecule has 2 rings (SSSR count). The highest BCUT2D eigenvalue weighted by Gasteiger charge is 2.18. The van der Waals surface area contributed by atoms with Gasteiger partial charge in [0.05, 0.1) is 18.8 Å². The zero-order valence-corrected chi connectivity index (χ0v) is 7.56. The Labute approximate surface area is 80.5 Å². The summed E-state index contributed by atoms with van der Waals surface area (Å²) in [6, 6.07) is 3.30. The van der Waals surface area contributed by atoms with Gasteiger partial charge in [-0.2, -0.15) is 5.10 Å². The van der Waals surface area contributed by atoms with E-state index in [4.69, 9.17) is 14.8 Å². The third-order valence-corrected chi connectivity index (χ3v) is 2.07. The molecule has 0 saturated heterocycles. The number of benzene rings is 1. The standard InChI is InChI=1S/C8H9BN2O3/c1-14-8-3-7-5(4-10-11-7)2-6(8)9(12)13/h2-4,12-13H,1H3,(H,10,11). The molecule has 6 heteroatoms. The smallest absolute Gasteiger partial charge is 0.492 e. The first-order chi connectivity index (χ1) is 6.72. The average molecular weight is 192 g/mol. The zero-order chi connectivity index (χ0) is 10.1. The van der Waals surface area contributed by atoms with Gasteiger partial charge < -0.3 is 14.8 Å². The van der Waals surface area contributed by atoms with E-state index in [-0.39, 0.29) is 0 Å². The first kappa shape index (κ1) is 9.05. The molecule has 0 atom stereocenters. The van der Waals surface area contributed by atoms with Gasteiger partial charge in [0.15, 0.2) is 0 Å². The maximum absolute atomic E-state index is 9.08. The quantitative estimate of drug-likeness (QED) is 0.547. The maximum atomic E-state index is 9.08. The van der Waals surface area contributed by atoms with Crippen molar-refractivity contribution < 1.29 is 14.8 Å². The van der Waals surface area contributed by atoms with Crippen LogP contribution >= 0.6 is 0 Å². The summed E-state index contributed by atoms with van der Waals surface area (Å²) in [6.07, 6.45) is 1.61. The van der Waals surface area contributed by atoms with Gasteiger partial charge in [-0.05, 0) is 6.07 Å². The summed E-state index contributed by atoms with van der Waals surface area (Å²) < 4.78 is 5.02. The van der Waals surface area contributed by atoms with Gasteiger partial charge in [-0.1, -0.05) is 0 Å². The van der Waals surface area contributed by atoms with Crippen LogP contribution in [0.2, 0.25) is 0 Å². The number of nitrogens with zero attached hydrogens (tertiary/aromatic N) is 1. The second kappa shape index (κ2) is 3.32. The van der Waals surface area contributed by atoms with Gasteiger partial charge in [0, 0.05) is 16.9 Å². The Morgan fingerprint density at radius 2 is 2.21 bits per heavy atom. The van der Waals surface area contributed by atoms with E-state index >= 15 is 0 Å². The van der Waals surface area contributed by atoms with Crippen molar-refractivity contribution in [3.63, 3.8) is 0 Å². The van der Waals surface area contributed by atoms with Crippen molar-refractivity contribution >= 4 is 23.5 Å². The molecule has 0 amide bonds. The highest BCUT2D eigenvalue weighted by Crippen LogP contribution is 2.16. The van der Waals surface area contributed by atoms with Crippen molar-refractivity contribution in [3.05, 3.63) is 18.3 Å². The summed E-state index contributed by atoms with van der Waals surface area (Å²) in [4.78, 5) is 0. The molecule has 1 heterocycles. The molecule has 0 unspecified atom stereocenters. The highest BCUT2D eigenvalue weighted by molar-refractivity contribution is 6.60. The predicted octanol–water partition coefficient (Wildman–Crippen LogP) is -0.749. The topological polar surface area (TPSA) is 78.4 Å². The van der Waals surface area contributed by atoms with Crippen LogP contribution in [0, 0.1) is 0 Å². The van der Waals surface area contributed by atoms with Gasteiger partial charge in [0.2, 0.25) is 0 Å². The number of hydrogen-bond donors (Lipinski definition) is 3. The highest BCUT2D eigenvalue weighted by atomic mass is 16.5. The van der Waals surface area contributed by atoms with Gasteiger partial charge in [-0.3, -0.25) is 5.10 Å². The molecule has 2 aromatic rings. The largest absolute Gasteiger partial charge is 0.497 e. The molecule has 3 N–H and O–H groups in total. The summed E-state index contributed by atoms with van der Waals surface area (Å²) in [6.45, 7) is 0. The van der Waals surface area contributed by atoms with Crippen LogP contribution < -0.4 is 10.2 Å². The lowest BCUT2D eigenvalue weighted by Crippen LogP contribution is -2.31. The summed E-state index contributed by atoms with van der Waals surface area (Å²) in [5.74, 6) is 0.428. The lowest BCUT2D eigenvalue weighted by molar-refractivity contribution is 0.403. The van der Waals surface area contributed by atoms with Crippen molar-refractivity contribution in [1.29, 1.82) is 0 Å². The Bertz CT molecular complexity index is 455. The van der Waals surface area contributed by atoms with E-state index in [2.05, 4.69) is 10.2 Å². The summed E-state index contributed by atoms with van der Waals surface area (Å²) in [5.41, 5.74) is 1.13. The molecule has 1 aromatic carbocycles. The van der Waals surface area contributed by atoms with Crippen LogP contribution in [0.1, 0.15) is 0 Å². The molecule has 0 fully saturated rings. The SMILES string of the molecule is COc1cc2[nH]ncc2cc1B(O)O. The molecule has 72 valence electrons. The number of methoxy groups -OCH3 is 1. The molecule has 1 aromatic heterocycles. The summed E-state index contributed by atoms with van der Waals surface area (Å²) in [5, 5.41) is 25.6. The van der Waals surface area contributed by atoms with Crippen molar-refractivity contribution in [2.45, 2.75) is 0 Å². The lowest BCUT2D eigenvalue weighted by Gasteiger charge is -2.07. The minimum Gasteiger partial charge on any atom is -0.497 e. The van der Waals surface area contributed by atoms with Gasteiger partial charge in [0.1, 0.15) is 5.75 Å². The first-order valence-corrected chi connectivity index (χ1v) is 4.09. The molecule has 5 nitrogen and oxygen atoms in total. The Morgan fingerprint density at radius 1 is 1.43 bits per heavy atom. The van der Waals surface area contributed by atoms with Gasteiger partial charge in [-0.25, -0.2) is 0 Å². The number of nitrogens with one attached hydrogen (secondary N) is 1. The molecule has 0 aliphatic heterocycles. The van der Waals surface area contributed by atoms with E-state index in [0.717, 1.165) is 10.9 Å². The van der Waals surface area contributed by atoms with Crippen molar-refractivity contribution in [3.8, 4) is 5.75 Å². The molecule has 0 aliphatic rings. The minimum absolute atomic E-state index is 0.335. The molecule has 0 saturated carbocycles. The van der Waals surface area contributed by atoms with Crippen molar-refractivity contribution in [2.24, 2.45) is 0 Å². The van der Waals surface area contributed by atoms with E-state index in [0.29, 0.717) is 11.2 Å². The van der Waals surface area contributed by atoms with Crippen LogP contribution in [0.5, 0.6) is 5.75 Å².